The summed E-state index contributed by atoms with van der Waals surface area (Å²) in [6, 6.07) is 10.7. The Hall–Kier alpha value is -1.88. The first-order valence-corrected chi connectivity index (χ1v) is 6.12. The van der Waals surface area contributed by atoms with Crippen molar-refractivity contribution in [3.63, 3.8) is 0 Å². The van der Waals surface area contributed by atoms with Gasteiger partial charge in [0.05, 0.1) is 11.9 Å². The molecule has 0 atom stereocenters. The Labute approximate surface area is 114 Å². The van der Waals surface area contributed by atoms with Crippen LogP contribution in [0.3, 0.4) is 0 Å². The van der Waals surface area contributed by atoms with E-state index < -0.39 is 0 Å². The highest BCUT2D eigenvalue weighted by Gasteiger charge is 2.13. The number of nitrogen functional groups attached to an aromatic ring is 1. The van der Waals surface area contributed by atoms with Crippen LogP contribution in [0.15, 0.2) is 47.1 Å². The Morgan fingerprint density at radius 2 is 2.11 bits per heavy atom. The standard InChI is InChI=1S/C13H12BrN3O/c1-17(11-5-6-12(15)16-8-11)13(18)9-3-2-4-10(14)7-9/h2-8H,1H3,(H2,15,16). The number of pyridine rings is 1. The van der Waals surface area contributed by atoms with Crippen molar-refractivity contribution in [2.24, 2.45) is 0 Å². The van der Waals surface area contributed by atoms with Crippen LogP contribution in [0, 0.1) is 0 Å². The summed E-state index contributed by atoms with van der Waals surface area (Å²) in [5.41, 5.74) is 6.83. The molecule has 0 saturated heterocycles. The fourth-order valence-corrected chi connectivity index (χ4v) is 1.93. The van der Waals surface area contributed by atoms with E-state index in [9.17, 15) is 4.79 Å². The lowest BCUT2D eigenvalue weighted by atomic mass is 10.2. The van der Waals surface area contributed by atoms with Gasteiger partial charge in [0, 0.05) is 17.1 Å². The van der Waals surface area contributed by atoms with E-state index in [1.807, 2.05) is 12.1 Å². The molecule has 1 heterocycles. The Balaban J connectivity index is 2.26. The number of hydrogen-bond acceptors (Lipinski definition) is 3. The minimum absolute atomic E-state index is 0.0946. The van der Waals surface area contributed by atoms with Gasteiger partial charge in [0.25, 0.3) is 5.91 Å². The zero-order valence-electron chi connectivity index (χ0n) is 9.80. The zero-order valence-corrected chi connectivity index (χ0v) is 11.4. The Morgan fingerprint density at radius 1 is 1.33 bits per heavy atom. The molecule has 0 saturated carbocycles. The molecule has 0 aliphatic heterocycles. The van der Waals surface area contributed by atoms with E-state index >= 15 is 0 Å². The number of carbonyl (C=O) groups is 1. The number of hydrogen-bond donors (Lipinski definition) is 1. The van der Waals surface area contributed by atoms with Gasteiger partial charge in [-0.15, -0.1) is 0 Å². The van der Waals surface area contributed by atoms with Crippen LogP contribution >= 0.6 is 15.9 Å². The third-order valence-corrected chi connectivity index (χ3v) is 3.03. The molecule has 1 aromatic carbocycles. The van der Waals surface area contributed by atoms with Gasteiger partial charge in [0.15, 0.2) is 0 Å². The molecule has 4 nitrogen and oxygen atoms in total. The highest BCUT2D eigenvalue weighted by Crippen LogP contribution is 2.17. The Morgan fingerprint density at radius 3 is 2.72 bits per heavy atom. The molecule has 2 N–H and O–H groups in total. The molecule has 0 aliphatic rings. The third-order valence-electron chi connectivity index (χ3n) is 2.53. The molecular weight excluding hydrogens is 294 g/mol. The molecular formula is C13H12BrN3O. The minimum Gasteiger partial charge on any atom is -0.384 e. The largest absolute Gasteiger partial charge is 0.384 e. The summed E-state index contributed by atoms with van der Waals surface area (Å²) in [5, 5.41) is 0. The van der Waals surface area contributed by atoms with Crippen molar-refractivity contribution >= 4 is 33.3 Å². The second-order valence-electron chi connectivity index (χ2n) is 3.82. The van der Waals surface area contributed by atoms with Crippen LogP contribution in [0.1, 0.15) is 10.4 Å². The third kappa shape index (κ3) is 2.68. The average Bonchev–Trinajstić information content (AvgIpc) is 2.38. The molecule has 1 aromatic heterocycles. The molecule has 2 rings (SSSR count). The fraction of sp³-hybridized carbons (Fsp3) is 0.0769. The summed E-state index contributed by atoms with van der Waals surface area (Å²) in [4.78, 5) is 17.7. The van der Waals surface area contributed by atoms with Crippen molar-refractivity contribution in [2.75, 3.05) is 17.7 Å². The van der Waals surface area contributed by atoms with Crippen LogP contribution in [0.2, 0.25) is 0 Å². The lowest BCUT2D eigenvalue weighted by Crippen LogP contribution is -2.26. The number of anilines is 2. The summed E-state index contributed by atoms with van der Waals surface area (Å²) < 4.78 is 0.872. The topological polar surface area (TPSA) is 59.2 Å². The molecule has 0 fully saturated rings. The van der Waals surface area contributed by atoms with Gasteiger partial charge >= 0.3 is 0 Å². The summed E-state index contributed by atoms with van der Waals surface area (Å²) in [6.45, 7) is 0. The Bertz CT molecular complexity index is 569. The van der Waals surface area contributed by atoms with Gasteiger partial charge in [0.1, 0.15) is 5.82 Å². The predicted molar refractivity (Wildman–Crippen MR) is 75.5 cm³/mol. The van der Waals surface area contributed by atoms with Gasteiger partial charge in [0.2, 0.25) is 0 Å². The lowest BCUT2D eigenvalue weighted by Gasteiger charge is -2.17. The second-order valence-corrected chi connectivity index (χ2v) is 4.73. The van der Waals surface area contributed by atoms with E-state index in [2.05, 4.69) is 20.9 Å². The van der Waals surface area contributed by atoms with E-state index in [0.717, 1.165) is 4.47 Å². The van der Waals surface area contributed by atoms with Gasteiger partial charge < -0.3 is 10.6 Å². The predicted octanol–water partition coefficient (Wildman–Crippen LogP) is 2.70. The normalized spacial score (nSPS) is 10.1. The lowest BCUT2D eigenvalue weighted by molar-refractivity contribution is 0.0993. The molecule has 18 heavy (non-hydrogen) atoms. The van der Waals surface area contributed by atoms with E-state index in [-0.39, 0.29) is 5.91 Å². The summed E-state index contributed by atoms with van der Waals surface area (Å²) in [5.74, 6) is 0.338. The van der Waals surface area contributed by atoms with E-state index in [1.165, 1.54) is 4.90 Å². The molecule has 0 unspecified atom stereocenters. The first-order valence-electron chi connectivity index (χ1n) is 5.33. The van der Waals surface area contributed by atoms with E-state index in [1.54, 1.807) is 37.5 Å². The first kappa shape index (κ1) is 12.6. The van der Waals surface area contributed by atoms with Crippen LogP contribution in [-0.4, -0.2) is 17.9 Å². The fourth-order valence-electron chi connectivity index (χ4n) is 1.53. The maximum absolute atomic E-state index is 12.2. The van der Waals surface area contributed by atoms with E-state index in [0.29, 0.717) is 17.1 Å². The number of carbonyl (C=O) groups excluding carboxylic acids is 1. The van der Waals surface area contributed by atoms with Crippen LogP contribution in [0.25, 0.3) is 0 Å². The molecule has 2 aromatic rings. The quantitative estimate of drug-likeness (QED) is 0.928. The smallest absolute Gasteiger partial charge is 0.258 e. The molecule has 92 valence electrons. The number of nitrogens with two attached hydrogens (primary N) is 1. The molecule has 1 amide bonds. The molecule has 0 aliphatic carbocycles. The molecule has 5 heteroatoms. The Kier molecular flexibility index (Phi) is 3.62. The zero-order chi connectivity index (χ0) is 13.1. The van der Waals surface area contributed by atoms with Crippen molar-refractivity contribution < 1.29 is 4.79 Å². The first-order chi connectivity index (χ1) is 8.58. The van der Waals surface area contributed by atoms with Crippen LogP contribution in [-0.2, 0) is 0 Å². The second kappa shape index (κ2) is 5.18. The number of amides is 1. The van der Waals surface area contributed by atoms with Crippen LogP contribution in [0.5, 0.6) is 0 Å². The SMILES string of the molecule is CN(C(=O)c1cccc(Br)c1)c1ccc(N)nc1. The van der Waals surface area contributed by atoms with Gasteiger partial charge in [-0.2, -0.15) is 0 Å². The van der Waals surface area contributed by atoms with Crippen molar-refractivity contribution in [1.82, 2.24) is 4.98 Å². The van der Waals surface area contributed by atoms with Crippen molar-refractivity contribution in [2.45, 2.75) is 0 Å². The van der Waals surface area contributed by atoms with Gasteiger partial charge in [-0.05, 0) is 30.3 Å². The van der Waals surface area contributed by atoms with Gasteiger partial charge in [-0.25, -0.2) is 4.98 Å². The number of aromatic nitrogens is 1. The highest BCUT2D eigenvalue weighted by molar-refractivity contribution is 9.10. The highest BCUT2D eigenvalue weighted by atomic mass is 79.9. The molecule has 0 radical (unpaired) electrons. The summed E-state index contributed by atoms with van der Waals surface area (Å²) in [6.07, 6.45) is 1.57. The minimum atomic E-state index is -0.0946. The maximum atomic E-state index is 12.2. The van der Waals surface area contributed by atoms with Crippen LogP contribution < -0.4 is 10.6 Å². The maximum Gasteiger partial charge on any atom is 0.258 e. The van der Waals surface area contributed by atoms with Gasteiger partial charge in [-0.3, -0.25) is 4.79 Å². The van der Waals surface area contributed by atoms with Crippen molar-refractivity contribution in [1.29, 1.82) is 0 Å². The monoisotopic (exact) mass is 305 g/mol. The summed E-state index contributed by atoms with van der Waals surface area (Å²) >= 11 is 3.35. The van der Waals surface area contributed by atoms with Crippen molar-refractivity contribution in [3.8, 4) is 0 Å². The molecule has 0 spiro atoms. The summed E-state index contributed by atoms with van der Waals surface area (Å²) in [7, 11) is 1.70. The number of benzene rings is 1. The number of nitrogens with zero attached hydrogens (tertiary/aromatic N) is 2. The van der Waals surface area contributed by atoms with E-state index in [4.69, 9.17) is 5.73 Å². The van der Waals surface area contributed by atoms with Crippen LogP contribution in [0.4, 0.5) is 11.5 Å². The number of halogens is 1. The average molecular weight is 306 g/mol. The van der Waals surface area contributed by atoms with Crippen molar-refractivity contribution in [3.05, 3.63) is 52.6 Å². The molecule has 0 bridgehead atoms. The van der Waals surface area contributed by atoms with Gasteiger partial charge in [-0.1, -0.05) is 22.0 Å². The number of rotatable bonds is 2.